The summed E-state index contributed by atoms with van der Waals surface area (Å²) in [5.41, 5.74) is 5.42. The van der Waals surface area contributed by atoms with Gasteiger partial charge in [0.05, 0.1) is 18.7 Å². The zero-order chi connectivity index (χ0) is 28.1. The average Bonchev–Trinajstić information content (AvgIpc) is 2.95. The van der Waals surface area contributed by atoms with Crippen molar-refractivity contribution in [1.29, 1.82) is 5.26 Å². The molecule has 0 aliphatic heterocycles. The molecule has 3 rings (SSSR count). The van der Waals surface area contributed by atoms with Gasteiger partial charge in [-0.15, -0.1) is 0 Å². The number of carbonyl (C=O) groups excluding carboxylic acids is 1. The second kappa shape index (κ2) is 14.9. The third kappa shape index (κ3) is 9.76. The molecular formula is C35H41NO3. The minimum absolute atomic E-state index is 0.133. The number of aryl methyl sites for hydroxylation is 1. The Morgan fingerprint density at radius 2 is 1.62 bits per heavy atom. The van der Waals surface area contributed by atoms with Crippen molar-refractivity contribution in [2.75, 3.05) is 7.11 Å². The maximum atomic E-state index is 11.7. The van der Waals surface area contributed by atoms with Crippen molar-refractivity contribution in [3.63, 3.8) is 0 Å². The van der Waals surface area contributed by atoms with Gasteiger partial charge in [-0.2, -0.15) is 5.26 Å². The second-order valence-electron chi connectivity index (χ2n) is 11.0. The normalized spacial score (nSPS) is 12.2. The summed E-state index contributed by atoms with van der Waals surface area (Å²) in [4.78, 5) is 11.7. The molecule has 0 aromatic heterocycles. The van der Waals surface area contributed by atoms with Gasteiger partial charge in [-0.25, -0.2) is 4.79 Å². The van der Waals surface area contributed by atoms with Gasteiger partial charge in [0.2, 0.25) is 0 Å². The molecule has 0 N–H and O–H groups in total. The van der Waals surface area contributed by atoms with Crippen LogP contribution in [0.2, 0.25) is 0 Å². The van der Waals surface area contributed by atoms with Gasteiger partial charge in [-0.1, -0.05) is 93.9 Å². The summed E-state index contributed by atoms with van der Waals surface area (Å²) in [6.45, 7) is 7.18. The van der Waals surface area contributed by atoms with Crippen LogP contribution in [0.25, 0.3) is 6.08 Å². The summed E-state index contributed by atoms with van der Waals surface area (Å²) in [6, 6.07) is 26.7. The number of rotatable bonds is 13. The third-order valence-electron chi connectivity index (χ3n) is 6.97. The first-order valence-electron chi connectivity index (χ1n) is 13.8. The van der Waals surface area contributed by atoms with Crippen molar-refractivity contribution in [2.45, 2.75) is 71.3 Å². The predicted octanol–water partition coefficient (Wildman–Crippen LogP) is 8.70. The minimum Gasteiger partial charge on any atom is -0.488 e. The molecule has 0 saturated carbocycles. The number of methoxy groups -OCH3 is 1. The lowest BCUT2D eigenvalue weighted by Gasteiger charge is -2.19. The molecule has 204 valence electrons. The Bertz CT molecular complexity index is 1240. The van der Waals surface area contributed by atoms with Gasteiger partial charge >= 0.3 is 5.97 Å². The summed E-state index contributed by atoms with van der Waals surface area (Å²) < 4.78 is 11.0. The molecule has 0 heterocycles. The van der Waals surface area contributed by atoms with E-state index in [2.05, 4.69) is 69.3 Å². The zero-order valence-corrected chi connectivity index (χ0v) is 23.8. The van der Waals surface area contributed by atoms with Crippen LogP contribution in [0, 0.1) is 17.2 Å². The average molecular weight is 524 g/mol. The molecule has 0 amide bonds. The van der Waals surface area contributed by atoms with Crippen LogP contribution in [0.4, 0.5) is 0 Å². The van der Waals surface area contributed by atoms with Gasteiger partial charge in [0.15, 0.2) is 0 Å². The molecule has 0 fully saturated rings. The van der Waals surface area contributed by atoms with Crippen LogP contribution in [0.1, 0.15) is 85.5 Å². The van der Waals surface area contributed by atoms with Crippen molar-refractivity contribution >= 4 is 12.0 Å². The van der Waals surface area contributed by atoms with Crippen molar-refractivity contribution in [3.8, 4) is 11.8 Å². The van der Waals surface area contributed by atoms with Crippen LogP contribution in [0.3, 0.4) is 0 Å². The molecule has 0 spiro atoms. The van der Waals surface area contributed by atoms with Crippen molar-refractivity contribution < 1.29 is 14.3 Å². The predicted molar refractivity (Wildman–Crippen MR) is 159 cm³/mol. The number of allylic oxidation sites excluding steroid dienone is 1. The fraction of sp³-hybridized carbons (Fsp3) is 0.371. The van der Waals surface area contributed by atoms with E-state index in [4.69, 9.17) is 14.7 Å². The highest BCUT2D eigenvalue weighted by atomic mass is 16.5. The number of ether oxygens (including phenoxy) is 2. The topological polar surface area (TPSA) is 59.3 Å². The molecular weight excluding hydrogens is 482 g/mol. The molecule has 1 unspecified atom stereocenters. The minimum atomic E-state index is -0.317. The van der Waals surface area contributed by atoms with E-state index in [1.165, 1.54) is 18.2 Å². The number of esters is 1. The van der Waals surface area contributed by atoms with Crippen molar-refractivity contribution in [1.82, 2.24) is 0 Å². The molecule has 0 bridgehead atoms. The summed E-state index contributed by atoms with van der Waals surface area (Å²) in [6.07, 6.45) is 9.93. The monoisotopic (exact) mass is 523 g/mol. The molecule has 0 radical (unpaired) electrons. The number of nitrogens with zero attached hydrogens (tertiary/aromatic N) is 1. The van der Waals surface area contributed by atoms with E-state index < -0.39 is 0 Å². The molecule has 3 aromatic carbocycles. The SMILES string of the molecule is COC(=O)c1ccc(CCC(C=Cc2ccccc2OCc2ccc(C(C)(C)C)cc2)CCCCC#N)cc1. The number of hydrogen-bond donors (Lipinski definition) is 0. The van der Waals surface area contributed by atoms with E-state index in [1.54, 1.807) is 0 Å². The lowest BCUT2D eigenvalue weighted by Crippen LogP contribution is -2.10. The molecule has 4 heteroatoms. The van der Waals surface area contributed by atoms with Crippen LogP contribution in [-0.4, -0.2) is 13.1 Å². The third-order valence-corrected chi connectivity index (χ3v) is 6.97. The number of para-hydroxylation sites is 1. The van der Waals surface area contributed by atoms with E-state index >= 15 is 0 Å². The van der Waals surface area contributed by atoms with E-state index in [9.17, 15) is 4.79 Å². The molecule has 4 nitrogen and oxygen atoms in total. The Hall–Kier alpha value is -3.84. The first kappa shape index (κ1) is 29.7. The van der Waals surface area contributed by atoms with Crippen molar-refractivity contribution in [2.24, 2.45) is 5.92 Å². The standard InChI is InChI=1S/C35H41NO3/c1-35(2,3)32-23-18-29(19-24-32)26-39-33-12-8-7-11-30(33)20-15-27(10-6-5-9-25-36)13-14-28-16-21-31(22-17-28)34(37)38-4/h7-8,11-12,15-24,27H,5-6,9-10,13-14,26H2,1-4H3. The fourth-order valence-corrected chi connectivity index (χ4v) is 4.48. The van der Waals surface area contributed by atoms with E-state index in [1.807, 2.05) is 42.5 Å². The molecule has 39 heavy (non-hydrogen) atoms. The molecule has 1 atom stereocenters. The van der Waals surface area contributed by atoms with Crippen LogP contribution >= 0.6 is 0 Å². The molecule has 3 aromatic rings. The summed E-state index contributed by atoms with van der Waals surface area (Å²) in [5.74, 6) is 0.930. The maximum absolute atomic E-state index is 11.7. The second-order valence-corrected chi connectivity index (χ2v) is 11.0. The first-order valence-corrected chi connectivity index (χ1v) is 13.8. The van der Waals surface area contributed by atoms with Gasteiger partial charge in [0.1, 0.15) is 12.4 Å². The van der Waals surface area contributed by atoms with Crippen LogP contribution in [-0.2, 0) is 23.2 Å². The maximum Gasteiger partial charge on any atom is 0.337 e. The van der Waals surface area contributed by atoms with Crippen LogP contribution < -0.4 is 4.74 Å². The van der Waals surface area contributed by atoms with Crippen LogP contribution in [0.5, 0.6) is 5.75 Å². The van der Waals surface area contributed by atoms with Crippen molar-refractivity contribution in [3.05, 3.63) is 107 Å². The lowest BCUT2D eigenvalue weighted by atomic mass is 9.87. The van der Waals surface area contributed by atoms with E-state index in [0.717, 1.165) is 49.0 Å². The van der Waals surface area contributed by atoms with Gasteiger partial charge < -0.3 is 9.47 Å². The lowest BCUT2D eigenvalue weighted by molar-refractivity contribution is 0.0600. The fourth-order valence-electron chi connectivity index (χ4n) is 4.48. The Morgan fingerprint density at radius 3 is 2.28 bits per heavy atom. The highest BCUT2D eigenvalue weighted by molar-refractivity contribution is 5.89. The smallest absolute Gasteiger partial charge is 0.337 e. The zero-order valence-electron chi connectivity index (χ0n) is 23.8. The van der Waals surface area contributed by atoms with Crippen LogP contribution in [0.15, 0.2) is 78.9 Å². The Morgan fingerprint density at radius 1 is 0.923 bits per heavy atom. The Labute approximate surface area is 234 Å². The van der Waals surface area contributed by atoms with Gasteiger partial charge in [0, 0.05) is 12.0 Å². The van der Waals surface area contributed by atoms with E-state index in [0.29, 0.717) is 24.5 Å². The first-order chi connectivity index (χ1) is 18.8. The Kier molecular flexibility index (Phi) is 11.4. The largest absolute Gasteiger partial charge is 0.488 e. The summed E-state index contributed by atoms with van der Waals surface area (Å²) >= 11 is 0. The molecule has 0 saturated heterocycles. The highest BCUT2D eigenvalue weighted by Gasteiger charge is 2.13. The van der Waals surface area contributed by atoms with E-state index in [-0.39, 0.29) is 11.4 Å². The highest BCUT2D eigenvalue weighted by Crippen LogP contribution is 2.26. The molecule has 0 aliphatic carbocycles. The Balaban J connectivity index is 1.66. The molecule has 0 aliphatic rings. The van der Waals surface area contributed by atoms with Gasteiger partial charge in [-0.05, 0) is 71.9 Å². The number of hydrogen-bond acceptors (Lipinski definition) is 4. The number of nitriles is 1. The number of benzene rings is 3. The van der Waals surface area contributed by atoms with Gasteiger partial charge in [-0.3, -0.25) is 0 Å². The number of carbonyl (C=O) groups is 1. The number of unbranched alkanes of at least 4 members (excludes halogenated alkanes) is 2. The summed E-state index contributed by atoms with van der Waals surface area (Å²) in [5, 5.41) is 8.92. The van der Waals surface area contributed by atoms with Gasteiger partial charge in [0.25, 0.3) is 0 Å². The summed E-state index contributed by atoms with van der Waals surface area (Å²) in [7, 11) is 1.40. The quantitative estimate of drug-likeness (QED) is 0.166.